The standard InChI is InChI=1S/C15H20ClNO4/c1-10(2)8-12(15(19)20-3)17-14(18)9-21-13-7-5-4-6-11(13)16/h4-7,10,12H,8-9H2,1-3H3,(H,17,18)/t12-/m1/s1. The van der Waals surface area contributed by atoms with Crippen LogP contribution >= 0.6 is 11.6 Å². The van der Waals surface area contributed by atoms with Gasteiger partial charge in [0.2, 0.25) is 0 Å². The van der Waals surface area contributed by atoms with E-state index in [9.17, 15) is 9.59 Å². The minimum Gasteiger partial charge on any atom is -0.482 e. The number of carbonyl (C=O) groups is 2. The first-order valence-corrected chi connectivity index (χ1v) is 7.06. The molecule has 0 bridgehead atoms. The van der Waals surface area contributed by atoms with Gasteiger partial charge in [0.15, 0.2) is 6.61 Å². The predicted octanol–water partition coefficient (Wildman–Crippen LogP) is 2.42. The van der Waals surface area contributed by atoms with Crippen molar-refractivity contribution in [3.8, 4) is 5.75 Å². The van der Waals surface area contributed by atoms with Gasteiger partial charge in [-0.1, -0.05) is 37.6 Å². The van der Waals surface area contributed by atoms with E-state index in [1.807, 2.05) is 13.8 Å². The highest BCUT2D eigenvalue weighted by Crippen LogP contribution is 2.22. The molecule has 1 atom stereocenters. The van der Waals surface area contributed by atoms with Gasteiger partial charge >= 0.3 is 5.97 Å². The number of benzene rings is 1. The Morgan fingerprint density at radius 1 is 1.29 bits per heavy atom. The van der Waals surface area contributed by atoms with Gasteiger partial charge in [0.05, 0.1) is 12.1 Å². The van der Waals surface area contributed by atoms with Crippen molar-refractivity contribution in [3.63, 3.8) is 0 Å². The van der Waals surface area contributed by atoms with Gasteiger partial charge in [-0.3, -0.25) is 4.79 Å². The molecule has 0 aliphatic rings. The number of para-hydroxylation sites is 1. The van der Waals surface area contributed by atoms with Crippen LogP contribution < -0.4 is 10.1 Å². The maximum absolute atomic E-state index is 11.9. The fourth-order valence-corrected chi connectivity index (χ4v) is 1.96. The average molecular weight is 314 g/mol. The third kappa shape index (κ3) is 6.04. The highest BCUT2D eigenvalue weighted by atomic mass is 35.5. The van der Waals surface area contributed by atoms with Crippen molar-refractivity contribution in [1.82, 2.24) is 5.32 Å². The van der Waals surface area contributed by atoms with Crippen LogP contribution in [-0.4, -0.2) is 31.6 Å². The largest absolute Gasteiger partial charge is 0.482 e. The summed E-state index contributed by atoms with van der Waals surface area (Å²) in [4.78, 5) is 23.5. The van der Waals surface area contributed by atoms with Crippen molar-refractivity contribution in [2.24, 2.45) is 5.92 Å². The molecule has 1 aromatic carbocycles. The summed E-state index contributed by atoms with van der Waals surface area (Å²) in [5, 5.41) is 3.03. The lowest BCUT2D eigenvalue weighted by atomic mass is 10.0. The molecule has 116 valence electrons. The molecule has 0 spiro atoms. The number of carbonyl (C=O) groups excluding carboxylic acids is 2. The fourth-order valence-electron chi connectivity index (χ4n) is 1.77. The maximum Gasteiger partial charge on any atom is 0.328 e. The maximum atomic E-state index is 11.9. The minimum absolute atomic E-state index is 0.213. The van der Waals surface area contributed by atoms with Crippen LogP contribution in [0.2, 0.25) is 5.02 Å². The Morgan fingerprint density at radius 3 is 2.52 bits per heavy atom. The number of amides is 1. The molecule has 6 heteroatoms. The van der Waals surface area contributed by atoms with E-state index in [1.54, 1.807) is 24.3 Å². The van der Waals surface area contributed by atoms with Crippen LogP contribution in [-0.2, 0) is 14.3 Å². The van der Waals surface area contributed by atoms with Crippen LogP contribution in [0.1, 0.15) is 20.3 Å². The lowest BCUT2D eigenvalue weighted by Crippen LogP contribution is -2.44. The molecular formula is C15H20ClNO4. The second-order valence-corrected chi connectivity index (χ2v) is 5.40. The highest BCUT2D eigenvalue weighted by molar-refractivity contribution is 6.32. The van der Waals surface area contributed by atoms with E-state index in [2.05, 4.69) is 10.1 Å². The molecule has 0 aliphatic heterocycles. The zero-order valence-electron chi connectivity index (χ0n) is 12.4. The van der Waals surface area contributed by atoms with E-state index in [0.717, 1.165) is 0 Å². The Hall–Kier alpha value is -1.75. The van der Waals surface area contributed by atoms with Gasteiger partial charge in [-0.25, -0.2) is 4.79 Å². The number of methoxy groups -OCH3 is 1. The van der Waals surface area contributed by atoms with Crippen molar-refractivity contribution in [1.29, 1.82) is 0 Å². The van der Waals surface area contributed by atoms with Gasteiger partial charge in [-0.2, -0.15) is 0 Å². The van der Waals surface area contributed by atoms with Gasteiger partial charge in [0, 0.05) is 0 Å². The SMILES string of the molecule is COC(=O)[C@@H](CC(C)C)NC(=O)COc1ccccc1Cl. The number of ether oxygens (including phenoxy) is 2. The number of rotatable bonds is 7. The summed E-state index contributed by atoms with van der Waals surface area (Å²) in [5.41, 5.74) is 0. The van der Waals surface area contributed by atoms with E-state index >= 15 is 0 Å². The molecule has 1 amide bonds. The fraction of sp³-hybridized carbons (Fsp3) is 0.467. The second kappa shape index (κ2) is 8.52. The van der Waals surface area contributed by atoms with Gasteiger partial charge in [0.25, 0.3) is 5.91 Å². The van der Waals surface area contributed by atoms with Crippen LogP contribution in [0.5, 0.6) is 5.75 Å². The van der Waals surface area contributed by atoms with Gasteiger partial charge in [0.1, 0.15) is 11.8 Å². The molecule has 21 heavy (non-hydrogen) atoms. The molecule has 0 aliphatic carbocycles. The van der Waals surface area contributed by atoms with Crippen molar-refractivity contribution < 1.29 is 19.1 Å². The van der Waals surface area contributed by atoms with Crippen molar-refractivity contribution >= 4 is 23.5 Å². The van der Waals surface area contributed by atoms with E-state index in [1.165, 1.54) is 7.11 Å². The molecule has 0 fully saturated rings. The summed E-state index contributed by atoms with van der Waals surface area (Å²) < 4.78 is 10.0. The zero-order chi connectivity index (χ0) is 15.8. The number of esters is 1. The first-order chi connectivity index (χ1) is 9.93. The van der Waals surface area contributed by atoms with E-state index in [4.69, 9.17) is 16.3 Å². The third-order valence-corrected chi connectivity index (χ3v) is 3.04. The molecule has 0 saturated heterocycles. The van der Waals surface area contributed by atoms with Gasteiger partial charge < -0.3 is 14.8 Å². The first kappa shape index (κ1) is 17.3. The smallest absolute Gasteiger partial charge is 0.328 e. The van der Waals surface area contributed by atoms with Crippen LogP contribution in [0.3, 0.4) is 0 Å². The predicted molar refractivity (Wildman–Crippen MR) is 80.3 cm³/mol. The number of hydrogen-bond donors (Lipinski definition) is 1. The number of hydrogen-bond acceptors (Lipinski definition) is 4. The second-order valence-electron chi connectivity index (χ2n) is 4.99. The summed E-state index contributed by atoms with van der Waals surface area (Å²) in [6.45, 7) is 3.71. The Labute approximate surface area is 129 Å². The van der Waals surface area contributed by atoms with Crippen molar-refractivity contribution in [2.75, 3.05) is 13.7 Å². The third-order valence-electron chi connectivity index (χ3n) is 2.72. The Balaban J connectivity index is 2.54. The van der Waals surface area contributed by atoms with Gasteiger partial charge in [-0.05, 0) is 24.5 Å². The zero-order valence-corrected chi connectivity index (χ0v) is 13.1. The molecule has 1 rings (SSSR count). The van der Waals surface area contributed by atoms with Crippen LogP contribution in [0.15, 0.2) is 24.3 Å². The van der Waals surface area contributed by atoms with Crippen LogP contribution in [0.4, 0.5) is 0 Å². The van der Waals surface area contributed by atoms with Crippen molar-refractivity contribution in [3.05, 3.63) is 29.3 Å². The summed E-state index contributed by atoms with van der Waals surface area (Å²) in [6, 6.07) is 6.20. The number of halogens is 1. The molecular weight excluding hydrogens is 294 g/mol. The van der Waals surface area contributed by atoms with Gasteiger partial charge in [-0.15, -0.1) is 0 Å². The molecule has 0 unspecified atom stereocenters. The molecule has 0 radical (unpaired) electrons. The quantitative estimate of drug-likeness (QED) is 0.785. The summed E-state index contributed by atoms with van der Waals surface area (Å²) >= 11 is 5.92. The minimum atomic E-state index is -0.669. The first-order valence-electron chi connectivity index (χ1n) is 6.68. The number of nitrogens with one attached hydrogen (secondary N) is 1. The lowest BCUT2D eigenvalue weighted by Gasteiger charge is -2.18. The summed E-state index contributed by atoms with van der Waals surface area (Å²) in [5.74, 6) is -0.188. The van der Waals surface area contributed by atoms with Crippen LogP contribution in [0.25, 0.3) is 0 Å². The molecule has 0 saturated carbocycles. The average Bonchev–Trinajstić information content (AvgIpc) is 2.44. The molecule has 0 heterocycles. The highest BCUT2D eigenvalue weighted by Gasteiger charge is 2.22. The molecule has 1 aromatic rings. The van der Waals surface area contributed by atoms with Crippen molar-refractivity contribution in [2.45, 2.75) is 26.3 Å². The summed E-state index contributed by atoms with van der Waals surface area (Å²) in [7, 11) is 1.29. The topological polar surface area (TPSA) is 64.6 Å². The normalized spacial score (nSPS) is 11.9. The molecule has 1 N–H and O–H groups in total. The monoisotopic (exact) mass is 313 g/mol. The van der Waals surface area contributed by atoms with E-state index in [0.29, 0.717) is 17.2 Å². The van der Waals surface area contributed by atoms with E-state index in [-0.39, 0.29) is 12.5 Å². The molecule has 5 nitrogen and oxygen atoms in total. The molecule has 0 aromatic heterocycles. The Morgan fingerprint density at radius 2 is 1.95 bits per heavy atom. The lowest BCUT2D eigenvalue weighted by molar-refractivity contribution is -0.145. The summed E-state index contributed by atoms with van der Waals surface area (Å²) in [6.07, 6.45) is 0.504. The van der Waals surface area contributed by atoms with E-state index < -0.39 is 17.9 Å². The Kier molecular flexibility index (Phi) is 7.02. The Bertz CT molecular complexity index is 490. The van der Waals surface area contributed by atoms with Crippen LogP contribution in [0, 0.1) is 5.92 Å².